The van der Waals surface area contributed by atoms with Crippen LogP contribution in [0.2, 0.25) is 0 Å². The fraction of sp³-hybridized carbons (Fsp3) is 0.545. The highest BCUT2D eigenvalue weighted by Gasteiger charge is 2.41. The Kier molecular flexibility index (Phi) is 5.04. The molecule has 29 heavy (non-hydrogen) atoms. The zero-order valence-corrected chi connectivity index (χ0v) is 16.7. The van der Waals surface area contributed by atoms with Crippen LogP contribution in [0.15, 0.2) is 36.8 Å². The average molecular weight is 393 g/mol. The molecule has 2 aromatic heterocycles. The first-order valence-electron chi connectivity index (χ1n) is 10.8. The molecule has 3 aliphatic rings. The molecule has 7 nitrogen and oxygen atoms in total. The van der Waals surface area contributed by atoms with E-state index in [9.17, 15) is 4.79 Å². The van der Waals surface area contributed by atoms with E-state index in [1.165, 1.54) is 25.7 Å². The Hall–Kier alpha value is -2.70. The molecule has 0 aromatic carbocycles. The lowest BCUT2D eigenvalue weighted by Crippen LogP contribution is -2.35. The van der Waals surface area contributed by atoms with E-state index in [1.807, 2.05) is 23.1 Å². The Morgan fingerprint density at radius 3 is 2.38 bits per heavy atom. The molecule has 2 aliphatic carbocycles. The molecule has 0 spiro atoms. The lowest BCUT2D eigenvalue weighted by atomic mass is 10.1. The van der Waals surface area contributed by atoms with Crippen LogP contribution in [0.3, 0.4) is 0 Å². The van der Waals surface area contributed by atoms with Gasteiger partial charge in [-0.05, 0) is 62.1 Å². The molecule has 0 bridgehead atoms. The van der Waals surface area contributed by atoms with Gasteiger partial charge in [0, 0.05) is 50.8 Å². The van der Waals surface area contributed by atoms with Crippen LogP contribution in [0.1, 0.15) is 42.5 Å². The van der Waals surface area contributed by atoms with Crippen molar-refractivity contribution in [2.45, 2.75) is 38.1 Å². The van der Waals surface area contributed by atoms with Crippen LogP contribution in [0.25, 0.3) is 0 Å². The quantitative estimate of drug-likeness (QED) is 0.815. The molecule has 3 heterocycles. The second-order valence-electron chi connectivity index (χ2n) is 8.46. The van der Waals surface area contributed by atoms with Gasteiger partial charge in [0.2, 0.25) is 5.95 Å². The highest BCUT2D eigenvalue weighted by Crippen LogP contribution is 2.45. The molecule has 152 valence electrons. The molecule has 1 amide bonds. The molecule has 1 N–H and O–H groups in total. The first kappa shape index (κ1) is 18.3. The summed E-state index contributed by atoms with van der Waals surface area (Å²) in [6.45, 7) is 3.02. The van der Waals surface area contributed by atoms with Crippen molar-refractivity contribution in [1.29, 1.82) is 0 Å². The number of aromatic nitrogens is 3. The minimum atomic E-state index is 0.0563. The predicted molar refractivity (Wildman–Crippen MR) is 112 cm³/mol. The van der Waals surface area contributed by atoms with Crippen LogP contribution in [0, 0.1) is 11.8 Å². The van der Waals surface area contributed by atoms with E-state index in [0.717, 1.165) is 49.7 Å². The van der Waals surface area contributed by atoms with E-state index in [4.69, 9.17) is 0 Å². The summed E-state index contributed by atoms with van der Waals surface area (Å²) >= 11 is 0. The number of hydrogen-bond donors (Lipinski definition) is 1. The van der Waals surface area contributed by atoms with Crippen molar-refractivity contribution in [3.63, 3.8) is 0 Å². The number of pyridine rings is 1. The molecule has 0 unspecified atom stereocenters. The normalized spacial score (nSPS) is 19.9. The van der Waals surface area contributed by atoms with Crippen LogP contribution in [-0.4, -0.2) is 58.0 Å². The van der Waals surface area contributed by atoms with Crippen LogP contribution in [-0.2, 0) is 0 Å². The zero-order chi connectivity index (χ0) is 19.6. The predicted octanol–water partition coefficient (Wildman–Crippen LogP) is 2.82. The van der Waals surface area contributed by atoms with Gasteiger partial charge < -0.3 is 15.1 Å². The largest absolute Gasteiger partial charge is 0.367 e. The molecule has 2 aromatic rings. The average Bonchev–Trinajstić information content (AvgIpc) is 3.66. The second kappa shape index (κ2) is 7.97. The Labute approximate surface area is 171 Å². The standard InChI is InChI=1S/C22H28N6O/c29-21(27-11-2-12-28(14-13-27)22-23-9-1-10-24-22)18-7-8-19(25-15-18)26-20(16-3-4-16)17-5-6-17/h1,7-10,15-17,20H,2-6,11-14H2,(H,25,26). The van der Waals surface area contributed by atoms with Crippen molar-refractivity contribution in [1.82, 2.24) is 19.9 Å². The van der Waals surface area contributed by atoms with Gasteiger partial charge in [0.1, 0.15) is 5.82 Å². The number of rotatable bonds is 6. The second-order valence-corrected chi connectivity index (χ2v) is 8.46. The maximum absolute atomic E-state index is 13.0. The maximum atomic E-state index is 13.0. The molecule has 5 rings (SSSR count). The third-order valence-electron chi connectivity index (χ3n) is 6.20. The molecule has 1 saturated heterocycles. The summed E-state index contributed by atoms with van der Waals surface area (Å²) in [5, 5.41) is 3.63. The van der Waals surface area contributed by atoms with Gasteiger partial charge in [-0.25, -0.2) is 15.0 Å². The molecule has 1 aliphatic heterocycles. The molecule has 7 heteroatoms. The van der Waals surface area contributed by atoms with Gasteiger partial charge in [0.05, 0.1) is 5.56 Å². The Morgan fingerprint density at radius 2 is 1.72 bits per heavy atom. The molecule has 0 radical (unpaired) electrons. The number of nitrogens with zero attached hydrogens (tertiary/aromatic N) is 5. The third kappa shape index (κ3) is 4.33. The van der Waals surface area contributed by atoms with Gasteiger partial charge in [0.25, 0.3) is 5.91 Å². The number of hydrogen-bond acceptors (Lipinski definition) is 6. The molecule has 2 saturated carbocycles. The fourth-order valence-corrected chi connectivity index (χ4v) is 4.27. The van der Waals surface area contributed by atoms with E-state index in [1.54, 1.807) is 18.6 Å². The summed E-state index contributed by atoms with van der Waals surface area (Å²) < 4.78 is 0. The van der Waals surface area contributed by atoms with E-state index in [0.29, 0.717) is 18.2 Å². The third-order valence-corrected chi connectivity index (χ3v) is 6.20. The highest BCUT2D eigenvalue weighted by molar-refractivity contribution is 5.94. The van der Waals surface area contributed by atoms with E-state index < -0.39 is 0 Å². The van der Waals surface area contributed by atoms with Crippen molar-refractivity contribution in [2.24, 2.45) is 11.8 Å². The lowest BCUT2D eigenvalue weighted by Gasteiger charge is -2.22. The summed E-state index contributed by atoms with van der Waals surface area (Å²) in [5.74, 6) is 3.33. The van der Waals surface area contributed by atoms with Crippen LogP contribution in [0.5, 0.6) is 0 Å². The van der Waals surface area contributed by atoms with Gasteiger partial charge in [-0.15, -0.1) is 0 Å². The number of carbonyl (C=O) groups excluding carboxylic acids is 1. The van der Waals surface area contributed by atoms with Gasteiger partial charge >= 0.3 is 0 Å². The SMILES string of the molecule is O=C(c1ccc(NC(C2CC2)C2CC2)nc1)N1CCCN(c2ncccn2)CC1. The maximum Gasteiger partial charge on any atom is 0.255 e. The number of carbonyl (C=O) groups is 1. The van der Waals surface area contributed by atoms with Gasteiger partial charge in [-0.2, -0.15) is 0 Å². The summed E-state index contributed by atoms with van der Waals surface area (Å²) in [6, 6.07) is 6.27. The first-order chi connectivity index (χ1) is 14.3. The van der Waals surface area contributed by atoms with Crippen molar-refractivity contribution < 1.29 is 4.79 Å². The molecular weight excluding hydrogens is 364 g/mol. The molecule has 0 atom stereocenters. The molecule has 3 fully saturated rings. The van der Waals surface area contributed by atoms with Gasteiger partial charge in [-0.3, -0.25) is 4.79 Å². The van der Waals surface area contributed by atoms with E-state index >= 15 is 0 Å². The smallest absolute Gasteiger partial charge is 0.255 e. The highest BCUT2D eigenvalue weighted by atomic mass is 16.2. The van der Waals surface area contributed by atoms with Gasteiger partial charge in [0.15, 0.2) is 0 Å². The fourth-order valence-electron chi connectivity index (χ4n) is 4.27. The monoisotopic (exact) mass is 392 g/mol. The summed E-state index contributed by atoms with van der Waals surface area (Å²) in [5.41, 5.74) is 0.661. The van der Waals surface area contributed by atoms with E-state index in [-0.39, 0.29) is 5.91 Å². The van der Waals surface area contributed by atoms with Crippen molar-refractivity contribution in [3.8, 4) is 0 Å². The van der Waals surface area contributed by atoms with Crippen molar-refractivity contribution in [2.75, 3.05) is 36.4 Å². The molecular formula is C22H28N6O. The van der Waals surface area contributed by atoms with E-state index in [2.05, 4.69) is 25.2 Å². The van der Waals surface area contributed by atoms with Crippen molar-refractivity contribution in [3.05, 3.63) is 42.4 Å². The zero-order valence-electron chi connectivity index (χ0n) is 16.7. The van der Waals surface area contributed by atoms with Crippen LogP contribution < -0.4 is 10.2 Å². The number of amides is 1. The Morgan fingerprint density at radius 1 is 0.966 bits per heavy atom. The number of nitrogens with one attached hydrogen (secondary N) is 1. The summed E-state index contributed by atoms with van der Waals surface area (Å²) in [7, 11) is 0. The van der Waals surface area contributed by atoms with Crippen LogP contribution in [0.4, 0.5) is 11.8 Å². The van der Waals surface area contributed by atoms with Crippen molar-refractivity contribution >= 4 is 17.7 Å². The lowest BCUT2D eigenvalue weighted by molar-refractivity contribution is 0.0766. The summed E-state index contributed by atoms with van der Waals surface area (Å²) in [4.78, 5) is 30.3. The topological polar surface area (TPSA) is 74.2 Å². The van der Waals surface area contributed by atoms with Crippen LogP contribution >= 0.6 is 0 Å². The minimum absolute atomic E-state index is 0.0563. The number of anilines is 2. The summed E-state index contributed by atoms with van der Waals surface area (Å²) in [6.07, 6.45) is 11.5. The Balaban J connectivity index is 1.20. The Bertz CT molecular complexity index is 822. The minimum Gasteiger partial charge on any atom is -0.367 e. The first-order valence-corrected chi connectivity index (χ1v) is 10.8. The van der Waals surface area contributed by atoms with Gasteiger partial charge in [-0.1, -0.05) is 0 Å².